The molecule has 41 heavy (non-hydrogen) atoms. The Balaban J connectivity index is 1.50. The molecule has 0 spiro atoms. The molecule has 8 nitrogen and oxygen atoms in total. The number of nitrogens with two attached hydrogens (primary N) is 1. The molecule has 0 radical (unpaired) electrons. The molecule has 2 aromatic heterocycles. The maximum absolute atomic E-state index is 14.3. The fourth-order valence-corrected chi connectivity index (χ4v) is 6.78. The molecule has 1 aliphatic rings. The summed E-state index contributed by atoms with van der Waals surface area (Å²) >= 11 is 6.07. The van der Waals surface area contributed by atoms with Crippen LogP contribution in [0.3, 0.4) is 0 Å². The summed E-state index contributed by atoms with van der Waals surface area (Å²) in [7, 11) is -2.54. The van der Waals surface area contributed by atoms with Crippen LogP contribution in [0.15, 0.2) is 59.6 Å². The number of pyridine rings is 1. The predicted molar refractivity (Wildman–Crippen MR) is 151 cm³/mol. The molecule has 0 saturated heterocycles. The number of alkyl halides is 3. The van der Waals surface area contributed by atoms with Gasteiger partial charge in [-0.15, -0.1) is 0 Å². The molecule has 216 valence electrons. The lowest BCUT2D eigenvalue weighted by molar-refractivity contribution is -0.136. The van der Waals surface area contributed by atoms with Gasteiger partial charge in [-0.1, -0.05) is 23.7 Å². The normalized spacial score (nSPS) is 17.9. The number of nitrogens with one attached hydrogen (secondary N) is 1. The van der Waals surface area contributed by atoms with E-state index in [1.807, 2.05) is 0 Å². The van der Waals surface area contributed by atoms with Gasteiger partial charge in [0, 0.05) is 29.2 Å². The number of anilines is 1. The largest absolute Gasteiger partial charge is 0.481 e. The molecule has 1 aliphatic carbocycles. The van der Waals surface area contributed by atoms with Crippen molar-refractivity contribution in [2.24, 2.45) is 5.73 Å². The van der Waals surface area contributed by atoms with Gasteiger partial charge < -0.3 is 15.8 Å². The Labute approximate surface area is 240 Å². The van der Waals surface area contributed by atoms with Gasteiger partial charge in [-0.2, -0.15) is 13.2 Å². The van der Waals surface area contributed by atoms with E-state index in [2.05, 4.69) is 20.3 Å². The average molecular weight is 606 g/mol. The summed E-state index contributed by atoms with van der Waals surface area (Å²) in [4.78, 5) is 12.7. The van der Waals surface area contributed by atoms with Crippen LogP contribution in [0.4, 0.5) is 19.1 Å². The molecule has 0 atom stereocenters. The van der Waals surface area contributed by atoms with Gasteiger partial charge in [0.25, 0.3) is 0 Å². The number of fused-ring (bicyclic) bond motifs is 1. The highest BCUT2D eigenvalue weighted by atomic mass is 35.5. The number of hydrogen-bond donors (Lipinski definition) is 2. The molecule has 3 N–H and O–H groups in total. The number of rotatable bonds is 7. The van der Waals surface area contributed by atoms with Crippen molar-refractivity contribution >= 4 is 38.3 Å². The lowest BCUT2D eigenvalue weighted by Crippen LogP contribution is -2.33. The van der Waals surface area contributed by atoms with E-state index in [9.17, 15) is 21.6 Å². The van der Waals surface area contributed by atoms with Gasteiger partial charge in [0.1, 0.15) is 0 Å². The highest BCUT2D eigenvalue weighted by Gasteiger charge is 2.35. The molecule has 0 amide bonds. The molecule has 0 unspecified atom stereocenters. The SMILES string of the molecule is COc1nc(CS(=O)(=O)c2ccccc2Cl)ccc1-c1cc(C(F)(F)F)c2nc(NC3CCC(N)CC3)ncc2c1. The van der Waals surface area contributed by atoms with Crippen LogP contribution in [0.2, 0.25) is 5.02 Å². The summed E-state index contributed by atoms with van der Waals surface area (Å²) in [6.07, 6.45) is -0.137. The van der Waals surface area contributed by atoms with Crippen molar-refractivity contribution in [3.8, 4) is 17.0 Å². The minimum absolute atomic E-state index is 0.0287. The van der Waals surface area contributed by atoms with Crippen LogP contribution < -0.4 is 15.8 Å². The topological polar surface area (TPSA) is 120 Å². The van der Waals surface area contributed by atoms with E-state index in [0.717, 1.165) is 31.7 Å². The minimum atomic E-state index is -4.71. The number of sulfone groups is 1. The van der Waals surface area contributed by atoms with Gasteiger partial charge in [-0.25, -0.2) is 23.4 Å². The average Bonchev–Trinajstić information content (AvgIpc) is 2.93. The number of methoxy groups -OCH3 is 1. The van der Waals surface area contributed by atoms with E-state index in [1.165, 1.54) is 43.6 Å². The van der Waals surface area contributed by atoms with Crippen molar-refractivity contribution in [3.05, 3.63) is 71.0 Å². The number of aromatic nitrogens is 3. The van der Waals surface area contributed by atoms with Gasteiger partial charge in [0.2, 0.25) is 11.8 Å². The zero-order chi connectivity index (χ0) is 29.4. The monoisotopic (exact) mass is 605 g/mol. The summed E-state index contributed by atoms with van der Waals surface area (Å²) in [6, 6.07) is 11.6. The lowest BCUT2D eigenvalue weighted by atomic mass is 9.92. The van der Waals surface area contributed by atoms with Gasteiger partial charge >= 0.3 is 6.18 Å². The first-order valence-corrected chi connectivity index (χ1v) is 14.9. The van der Waals surface area contributed by atoms with Gasteiger partial charge in [-0.3, -0.25) is 0 Å². The Morgan fingerprint density at radius 1 is 1.07 bits per heavy atom. The number of hydrogen-bond acceptors (Lipinski definition) is 8. The van der Waals surface area contributed by atoms with Crippen molar-refractivity contribution in [2.75, 3.05) is 12.4 Å². The Morgan fingerprint density at radius 2 is 1.80 bits per heavy atom. The fourth-order valence-electron chi connectivity index (χ4n) is 4.94. The van der Waals surface area contributed by atoms with Crippen molar-refractivity contribution in [1.82, 2.24) is 15.0 Å². The van der Waals surface area contributed by atoms with Crippen LogP contribution in [-0.2, 0) is 21.8 Å². The second-order valence-corrected chi connectivity index (χ2v) is 12.3. The summed E-state index contributed by atoms with van der Waals surface area (Å²) in [6.45, 7) is 0. The zero-order valence-corrected chi connectivity index (χ0v) is 23.5. The maximum Gasteiger partial charge on any atom is 0.418 e. The Kier molecular flexibility index (Phi) is 8.09. The van der Waals surface area contributed by atoms with E-state index in [-0.39, 0.29) is 61.6 Å². The first-order chi connectivity index (χ1) is 19.4. The molecule has 0 aliphatic heterocycles. The van der Waals surface area contributed by atoms with Crippen LogP contribution >= 0.6 is 11.6 Å². The predicted octanol–water partition coefficient (Wildman–Crippen LogP) is 6.03. The smallest absolute Gasteiger partial charge is 0.418 e. The van der Waals surface area contributed by atoms with Crippen LogP contribution in [-0.4, -0.2) is 42.6 Å². The highest BCUT2D eigenvalue weighted by Crippen LogP contribution is 2.39. The van der Waals surface area contributed by atoms with Crippen LogP contribution in [0.1, 0.15) is 36.9 Å². The molecule has 1 saturated carbocycles. The maximum atomic E-state index is 14.3. The van der Waals surface area contributed by atoms with E-state index in [0.29, 0.717) is 0 Å². The van der Waals surface area contributed by atoms with Crippen molar-refractivity contribution in [3.63, 3.8) is 0 Å². The molecule has 2 heterocycles. The zero-order valence-electron chi connectivity index (χ0n) is 22.0. The molecule has 1 fully saturated rings. The standard InChI is InChI=1S/C28H27ClF3N5O3S/c1-40-26-21(11-10-20(35-26)15-41(38,39)24-5-3-2-4-23(24)29)16-12-17-14-34-27(36-19-8-6-18(33)7-9-19)37-25(17)22(13-16)28(30,31)32/h2-5,10-14,18-19H,6-9,15,33H2,1H3,(H,34,36,37). The molecule has 2 aromatic carbocycles. The van der Waals surface area contributed by atoms with Gasteiger partial charge in [0.05, 0.1) is 39.6 Å². The molecular weight excluding hydrogens is 579 g/mol. The summed E-state index contributed by atoms with van der Waals surface area (Å²) in [5.41, 5.74) is 5.34. The third-order valence-corrected chi connectivity index (χ3v) is 9.17. The fraction of sp³-hybridized carbons (Fsp3) is 0.321. The number of nitrogens with zero attached hydrogens (tertiary/aromatic N) is 3. The quantitative estimate of drug-likeness (QED) is 0.262. The molecular formula is C28H27ClF3N5O3S. The van der Waals surface area contributed by atoms with Crippen molar-refractivity contribution in [2.45, 2.75) is 54.6 Å². The molecule has 5 rings (SSSR count). The Hall–Kier alpha value is -3.48. The first kappa shape index (κ1) is 29.0. The second kappa shape index (κ2) is 11.4. The number of benzene rings is 2. The number of halogens is 4. The third-order valence-electron chi connectivity index (χ3n) is 7.03. The van der Waals surface area contributed by atoms with E-state index in [4.69, 9.17) is 22.1 Å². The van der Waals surface area contributed by atoms with Crippen molar-refractivity contribution in [1.29, 1.82) is 0 Å². The van der Waals surface area contributed by atoms with E-state index >= 15 is 0 Å². The summed E-state index contributed by atoms with van der Waals surface area (Å²) < 4.78 is 74.0. The van der Waals surface area contributed by atoms with Crippen LogP contribution in [0.25, 0.3) is 22.0 Å². The first-order valence-electron chi connectivity index (χ1n) is 12.9. The summed E-state index contributed by atoms with van der Waals surface area (Å²) in [5, 5.41) is 3.40. The molecule has 4 aromatic rings. The Bertz CT molecular complexity index is 1690. The lowest BCUT2D eigenvalue weighted by Gasteiger charge is -2.26. The second-order valence-electron chi connectivity index (χ2n) is 9.96. The van der Waals surface area contributed by atoms with Crippen LogP contribution in [0.5, 0.6) is 5.88 Å². The van der Waals surface area contributed by atoms with Crippen molar-refractivity contribution < 1.29 is 26.3 Å². The van der Waals surface area contributed by atoms with E-state index in [1.54, 1.807) is 12.1 Å². The minimum Gasteiger partial charge on any atom is -0.481 e. The number of ether oxygens (including phenoxy) is 1. The molecule has 13 heteroatoms. The summed E-state index contributed by atoms with van der Waals surface area (Å²) in [5.74, 6) is -0.381. The van der Waals surface area contributed by atoms with E-state index < -0.39 is 27.3 Å². The van der Waals surface area contributed by atoms with Gasteiger partial charge in [0.15, 0.2) is 9.84 Å². The third kappa shape index (κ3) is 6.39. The highest BCUT2D eigenvalue weighted by molar-refractivity contribution is 7.90. The molecule has 0 bridgehead atoms. The Morgan fingerprint density at radius 3 is 2.49 bits per heavy atom. The van der Waals surface area contributed by atoms with Crippen LogP contribution in [0, 0.1) is 0 Å². The van der Waals surface area contributed by atoms with Gasteiger partial charge in [-0.05, 0) is 67.6 Å².